The van der Waals surface area contributed by atoms with Gasteiger partial charge in [0.1, 0.15) is 11.1 Å². The molecule has 1 aromatic heterocycles. The average Bonchev–Trinajstić information content (AvgIpc) is 2.90. The van der Waals surface area contributed by atoms with E-state index in [1.165, 1.54) is 6.07 Å². The van der Waals surface area contributed by atoms with Gasteiger partial charge in [-0.1, -0.05) is 6.07 Å². The number of rotatable bonds is 2. The molecule has 0 saturated carbocycles. The van der Waals surface area contributed by atoms with E-state index < -0.39 is 15.8 Å². The Labute approximate surface area is 109 Å². The summed E-state index contributed by atoms with van der Waals surface area (Å²) in [5, 5.41) is 9.06. The number of carboxylic acid groups (broad SMARTS) is 1. The Morgan fingerprint density at radius 2 is 2.21 bits per heavy atom. The van der Waals surface area contributed by atoms with Crippen molar-refractivity contribution in [3.8, 4) is 0 Å². The van der Waals surface area contributed by atoms with Crippen molar-refractivity contribution in [1.82, 2.24) is 4.98 Å². The number of hydrogen-bond acceptors (Lipinski definition) is 5. The highest BCUT2D eigenvalue weighted by Crippen LogP contribution is 2.31. The minimum Gasteiger partial charge on any atom is -0.478 e. The normalized spacial score (nSPS) is 21.8. The highest BCUT2D eigenvalue weighted by Gasteiger charge is 2.32. The second kappa shape index (κ2) is 4.06. The summed E-state index contributed by atoms with van der Waals surface area (Å²) in [5.74, 6) is -0.916. The summed E-state index contributed by atoms with van der Waals surface area (Å²) in [6.45, 7) is 0. The van der Waals surface area contributed by atoms with Crippen LogP contribution in [0.5, 0.6) is 0 Å². The minimum atomic E-state index is -3.02. The molecular formula is C12H11NO5S. The lowest BCUT2D eigenvalue weighted by molar-refractivity contribution is 0.0697. The molecule has 0 bridgehead atoms. The van der Waals surface area contributed by atoms with Gasteiger partial charge in [-0.3, -0.25) is 0 Å². The number of nitrogens with zero attached hydrogens (tertiary/aromatic N) is 1. The third-order valence-corrected chi connectivity index (χ3v) is 5.01. The van der Waals surface area contributed by atoms with Crippen molar-refractivity contribution >= 4 is 26.9 Å². The second-order valence-corrected chi connectivity index (χ2v) is 6.84. The molecule has 1 aromatic carbocycles. The van der Waals surface area contributed by atoms with Crippen molar-refractivity contribution in [2.75, 3.05) is 11.5 Å². The summed E-state index contributed by atoms with van der Waals surface area (Å²) in [6.07, 6.45) is 0.470. The number of hydrogen-bond donors (Lipinski definition) is 1. The minimum absolute atomic E-state index is 0.0161. The first-order chi connectivity index (χ1) is 8.96. The molecular weight excluding hydrogens is 270 g/mol. The van der Waals surface area contributed by atoms with Gasteiger partial charge in [0.15, 0.2) is 21.3 Å². The van der Waals surface area contributed by atoms with E-state index in [4.69, 9.17) is 9.52 Å². The molecule has 0 spiro atoms. The van der Waals surface area contributed by atoms with Gasteiger partial charge in [0, 0.05) is 0 Å². The van der Waals surface area contributed by atoms with E-state index in [1.54, 1.807) is 12.1 Å². The van der Waals surface area contributed by atoms with Crippen LogP contribution in [0.4, 0.5) is 0 Å². The SMILES string of the molecule is O=C(O)c1cccc2nc(C3CCS(=O)(=O)C3)oc12. The molecule has 1 unspecified atom stereocenters. The van der Waals surface area contributed by atoms with Crippen molar-refractivity contribution in [2.24, 2.45) is 0 Å². The molecule has 7 heteroatoms. The number of aromatic nitrogens is 1. The molecule has 1 saturated heterocycles. The van der Waals surface area contributed by atoms with Gasteiger partial charge in [0.2, 0.25) is 0 Å². The molecule has 1 N–H and O–H groups in total. The maximum atomic E-state index is 11.4. The monoisotopic (exact) mass is 281 g/mol. The maximum absolute atomic E-state index is 11.4. The van der Waals surface area contributed by atoms with Gasteiger partial charge in [-0.2, -0.15) is 0 Å². The predicted octanol–water partition coefficient (Wildman–Crippen LogP) is 1.43. The number of aromatic carboxylic acids is 1. The highest BCUT2D eigenvalue weighted by atomic mass is 32.2. The Morgan fingerprint density at radius 1 is 1.42 bits per heavy atom. The van der Waals surface area contributed by atoms with Crippen molar-refractivity contribution in [3.63, 3.8) is 0 Å². The standard InChI is InChI=1S/C12H11NO5S/c14-12(15)8-2-1-3-9-10(8)18-11(13-9)7-4-5-19(16,17)6-7/h1-3,7H,4-6H2,(H,14,15). The van der Waals surface area contributed by atoms with Crippen LogP contribution in [0.25, 0.3) is 11.1 Å². The van der Waals surface area contributed by atoms with Crippen LogP contribution in [0.15, 0.2) is 22.6 Å². The van der Waals surface area contributed by atoms with E-state index in [2.05, 4.69) is 4.98 Å². The molecule has 0 aliphatic carbocycles. The number of para-hydroxylation sites is 1. The van der Waals surface area contributed by atoms with Gasteiger partial charge in [0.25, 0.3) is 0 Å². The molecule has 3 rings (SSSR count). The van der Waals surface area contributed by atoms with Gasteiger partial charge >= 0.3 is 5.97 Å². The Morgan fingerprint density at radius 3 is 2.84 bits per heavy atom. The topological polar surface area (TPSA) is 97.5 Å². The van der Waals surface area contributed by atoms with Crippen LogP contribution in [-0.4, -0.2) is 36.0 Å². The number of carbonyl (C=O) groups is 1. The first-order valence-corrected chi connectivity index (χ1v) is 7.61. The lowest BCUT2D eigenvalue weighted by Crippen LogP contribution is -2.03. The number of sulfone groups is 1. The zero-order valence-electron chi connectivity index (χ0n) is 9.87. The van der Waals surface area contributed by atoms with Crippen molar-refractivity contribution < 1.29 is 22.7 Å². The summed E-state index contributed by atoms with van der Waals surface area (Å²) >= 11 is 0. The molecule has 100 valence electrons. The van der Waals surface area contributed by atoms with Crippen LogP contribution in [0.2, 0.25) is 0 Å². The third kappa shape index (κ3) is 2.10. The maximum Gasteiger partial charge on any atom is 0.339 e. The van der Waals surface area contributed by atoms with E-state index in [-0.39, 0.29) is 28.6 Å². The molecule has 0 radical (unpaired) electrons. The van der Waals surface area contributed by atoms with Crippen molar-refractivity contribution in [1.29, 1.82) is 0 Å². The van der Waals surface area contributed by atoms with Crippen LogP contribution >= 0.6 is 0 Å². The molecule has 0 amide bonds. The molecule has 19 heavy (non-hydrogen) atoms. The van der Waals surface area contributed by atoms with Crippen LogP contribution in [0.3, 0.4) is 0 Å². The third-order valence-electron chi connectivity index (χ3n) is 3.24. The van der Waals surface area contributed by atoms with Crippen LogP contribution in [-0.2, 0) is 9.84 Å². The lowest BCUT2D eigenvalue weighted by atomic mass is 10.1. The fourth-order valence-electron chi connectivity index (χ4n) is 2.30. The van der Waals surface area contributed by atoms with E-state index in [1.807, 2.05) is 0 Å². The first-order valence-electron chi connectivity index (χ1n) is 5.79. The molecule has 1 aliphatic rings. The van der Waals surface area contributed by atoms with Gasteiger partial charge in [-0.05, 0) is 18.6 Å². The van der Waals surface area contributed by atoms with E-state index in [0.29, 0.717) is 17.8 Å². The fraction of sp³-hybridized carbons (Fsp3) is 0.333. The number of carboxylic acids is 1. The van der Waals surface area contributed by atoms with Crippen LogP contribution in [0, 0.1) is 0 Å². The Kier molecular flexibility index (Phi) is 2.60. The zero-order chi connectivity index (χ0) is 13.6. The average molecular weight is 281 g/mol. The van der Waals surface area contributed by atoms with Gasteiger partial charge in [0.05, 0.1) is 17.4 Å². The molecule has 1 aliphatic heterocycles. The molecule has 1 fully saturated rings. The van der Waals surface area contributed by atoms with E-state index >= 15 is 0 Å². The quantitative estimate of drug-likeness (QED) is 0.894. The Bertz CT molecular complexity index is 762. The number of oxazole rings is 1. The first kappa shape index (κ1) is 12.2. The van der Waals surface area contributed by atoms with Crippen LogP contribution < -0.4 is 0 Å². The summed E-state index contributed by atoms with van der Waals surface area (Å²) < 4.78 is 28.4. The summed E-state index contributed by atoms with van der Waals surface area (Å²) in [5.41, 5.74) is 0.686. The summed E-state index contributed by atoms with van der Waals surface area (Å²) in [4.78, 5) is 15.3. The summed E-state index contributed by atoms with van der Waals surface area (Å²) in [6, 6.07) is 4.67. The second-order valence-electron chi connectivity index (χ2n) is 4.61. The lowest BCUT2D eigenvalue weighted by Gasteiger charge is -1.99. The number of benzene rings is 1. The van der Waals surface area contributed by atoms with Crippen molar-refractivity contribution in [2.45, 2.75) is 12.3 Å². The van der Waals surface area contributed by atoms with Crippen molar-refractivity contribution in [3.05, 3.63) is 29.7 Å². The predicted molar refractivity (Wildman–Crippen MR) is 67.0 cm³/mol. The number of fused-ring (bicyclic) bond motifs is 1. The molecule has 2 aromatic rings. The Balaban J connectivity index is 2.08. The van der Waals surface area contributed by atoms with Gasteiger partial charge in [-0.25, -0.2) is 18.2 Å². The highest BCUT2D eigenvalue weighted by molar-refractivity contribution is 7.91. The molecule has 2 heterocycles. The molecule has 1 atom stereocenters. The van der Waals surface area contributed by atoms with Gasteiger partial charge in [-0.15, -0.1) is 0 Å². The van der Waals surface area contributed by atoms with E-state index in [0.717, 1.165) is 0 Å². The van der Waals surface area contributed by atoms with Gasteiger partial charge < -0.3 is 9.52 Å². The largest absolute Gasteiger partial charge is 0.478 e. The fourth-order valence-corrected chi connectivity index (χ4v) is 4.03. The Hall–Kier alpha value is -1.89. The van der Waals surface area contributed by atoms with Crippen LogP contribution in [0.1, 0.15) is 28.6 Å². The zero-order valence-corrected chi connectivity index (χ0v) is 10.7. The molecule has 6 nitrogen and oxygen atoms in total. The smallest absolute Gasteiger partial charge is 0.339 e. The summed E-state index contributed by atoms with van der Waals surface area (Å²) in [7, 11) is -3.02. The van der Waals surface area contributed by atoms with E-state index in [9.17, 15) is 13.2 Å².